The Labute approximate surface area is 112 Å². The van der Waals surface area contributed by atoms with E-state index in [0.717, 1.165) is 17.3 Å². The molecule has 1 fully saturated rings. The number of nitrogens with zero attached hydrogens (tertiary/aromatic N) is 2. The van der Waals surface area contributed by atoms with Gasteiger partial charge in [0.2, 0.25) is 0 Å². The van der Waals surface area contributed by atoms with Gasteiger partial charge in [-0.3, -0.25) is 4.68 Å². The van der Waals surface area contributed by atoms with Crippen molar-refractivity contribution in [2.24, 2.45) is 0 Å². The lowest BCUT2D eigenvalue weighted by Crippen LogP contribution is -2.31. The number of halogens is 1. The summed E-state index contributed by atoms with van der Waals surface area (Å²) < 4.78 is 2.01. The molecule has 0 bridgehead atoms. The zero-order valence-electron chi connectivity index (χ0n) is 10.4. The predicted octanol–water partition coefficient (Wildman–Crippen LogP) is 3.10. The Hall–Kier alpha value is -0.190. The maximum absolute atomic E-state index is 6.28. The van der Waals surface area contributed by atoms with Crippen molar-refractivity contribution < 1.29 is 0 Å². The lowest BCUT2D eigenvalue weighted by molar-refractivity contribution is 0.472. The van der Waals surface area contributed by atoms with Gasteiger partial charge >= 0.3 is 0 Å². The summed E-state index contributed by atoms with van der Waals surface area (Å²) in [5.74, 6) is 1.26. The number of hydrogen-bond acceptors (Lipinski definition) is 3. The number of rotatable bonds is 4. The first-order valence-corrected chi connectivity index (χ1v) is 7.70. The first-order valence-electron chi connectivity index (χ1n) is 6.28. The van der Waals surface area contributed by atoms with Crippen LogP contribution in [0.5, 0.6) is 0 Å². The van der Waals surface area contributed by atoms with Gasteiger partial charge in [-0.1, -0.05) is 18.0 Å². The summed E-state index contributed by atoms with van der Waals surface area (Å²) in [6.45, 7) is 2.98. The van der Waals surface area contributed by atoms with Gasteiger partial charge in [-0.05, 0) is 32.6 Å². The molecule has 2 unspecified atom stereocenters. The first-order chi connectivity index (χ1) is 8.27. The Morgan fingerprint density at radius 2 is 2.47 bits per heavy atom. The van der Waals surface area contributed by atoms with Crippen LogP contribution in [0.15, 0.2) is 6.20 Å². The Kier molecular flexibility index (Phi) is 4.77. The fourth-order valence-corrected chi connectivity index (χ4v) is 4.18. The zero-order valence-corrected chi connectivity index (χ0v) is 12.0. The van der Waals surface area contributed by atoms with Crippen molar-refractivity contribution in [3.63, 3.8) is 0 Å². The molecule has 17 heavy (non-hydrogen) atoms. The molecule has 1 aliphatic rings. The lowest BCUT2D eigenvalue weighted by Gasteiger charge is -2.30. The maximum Gasteiger partial charge on any atom is 0.0834 e. The smallest absolute Gasteiger partial charge is 0.0834 e. The van der Waals surface area contributed by atoms with E-state index in [1.54, 1.807) is 6.20 Å². The van der Waals surface area contributed by atoms with Crippen molar-refractivity contribution in [1.82, 2.24) is 15.1 Å². The summed E-state index contributed by atoms with van der Waals surface area (Å²) in [5.41, 5.74) is 1.15. The molecule has 1 aromatic rings. The number of thioether (sulfide) groups is 1. The second kappa shape index (κ2) is 6.12. The van der Waals surface area contributed by atoms with E-state index in [-0.39, 0.29) is 0 Å². The van der Waals surface area contributed by atoms with E-state index in [9.17, 15) is 0 Å². The molecule has 1 aliphatic heterocycles. The van der Waals surface area contributed by atoms with Gasteiger partial charge in [-0.15, -0.1) is 0 Å². The average Bonchev–Trinajstić information content (AvgIpc) is 2.74. The molecule has 1 aromatic heterocycles. The third-order valence-corrected chi connectivity index (χ3v) is 5.08. The Balaban J connectivity index is 2.23. The van der Waals surface area contributed by atoms with Crippen molar-refractivity contribution in [3.8, 4) is 0 Å². The van der Waals surface area contributed by atoms with Crippen LogP contribution in [0, 0.1) is 0 Å². The van der Waals surface area contributed by atoms with Crippen molar-refractivity contribution in [2.45, 2.75) is 44.0 Å². The summed E-state index contributed by atoms with van der Waals surface area (Å²) in [6.07, 6.45) is 5.70. The van der Waals surface area contributed by atoms with Crippen molar-refractivity contribution >= 4 is 23.4 Å². The van der Waals surface area contributed by atoms with E-state index in [1.165, 1.54) is 25.0 Å². The number of aromatic nitrogens is 2. The van der Waals surface area contributed by atoms with E-state index in [2.05, 4.69) is 29.1 Å². The third kappa shape index (κ3) is 2.80. The van der Waals surface area contributed by atoms with Crippen LogP contribution in [-0.4, -0.2) is 27.8 Å². The van der Waals surface area contributed by atoms with Crippen LogP contribution in [0.2, 0.25) is 5.02 Å². The monoisotopic (exact) mass is 273 g/mol. The Bertz CT molecular complexity index is 361. The average molecular weight is 274 g/mol. The van der Waals surface area contributed by atoms with Crippen molar-refractivity contribution in [3.05, 3.63) is 16.9 Å². The molecule has 3 nitrogen and oxygen atoms in total. The summed E-state index contributed by atoms with van der Waals surface area (Å²) in [5, 5.41) is 9.16. The normalized spacial score (nSPS) is 22.6. The standard InChI is InChI=1S/C12H20ClN3S/c1-3-16-12(9(13)8-15-16)11(14-2)10-6-4-5-7-17-10/h8,10-11,14H,3-7H2,1-2H3. The zero-order chi connectivity index (χ0) is 12.3. The number of aryl methyl sites for hydroxylation is 1. The van der Waals surface area contributed by atoms with Gasteiger partial charge < -0.3 is 5.32 Å². The molecule has 96 valence electrons. The van der Waals surface area contributed by atoms with Crippen molar-refractivity contribution in [1.29, 1.82) is 0 Å². The molecule has 0 amide bonds. The topological polar surface area (TPSA) is 29.9 Å². The van der Waals surface area contributed by atoms with E-state index in [4.69, 9.17) is 11.6 Å². The quantitative estimate of drug-likeness (QED) is 0.914. The highest BCUT2D eigenvalue weighted by atomic mass is 35.5. The first kappa shape index (κ1) is 13.2. The number of nitrogens with one attached hydrogen (secondary N) is 1. The maximum atomic E-state index is 6.28. The van der Waals surface area contributed by atoms with Gasteiger partial charge in [-0.25, -0.2) is 0 Å². The van der Waals surface area contributed by atoms with Crippen LogP contribution in [-0.2, 0) is 6.54 Å². The molecule has 1 saturated heterocycles. The summed E-state index contributed by atoms with van der Waals surface area (Å²) in [7, 11) is 2.02. The molecule has 2 rings (SSSR count). The second-order valence-electron chi connectivity index (χ2n) is 4.36. The Morgan fingerprint density at radius 3 is 3.06 bits per heavy atom. The van der Waals surface area contributed by atoms with Gasteiger partial charge in [-0.2, -0.15) is 16.9 Å². The van der Waals surface area contributed by atoms with E-state index < -0.39 is 0 Å². The van der Waals surface area contributed by atoms with Crippen molar-refractivity contribution in [2.75, 3.05) is 12.8 Å². The van der Waals surface area contributed by atoms with Gasteiger partial charge in [0.05, 0.1) is 23.0 Å². The highest BCUT2D eigenvalue weighted by Crippen LogP contribution is 2.36. The molecule has 0 spiro atoms. The summed E-state index contributed by atoms with van der Waals surface area (Å²) in [4.78, 5) is 0. The van der Waals surface area contributed by atoms with E-state index >= 15 is 0 Å². The summed E-state index contributed by atoms with van der Waals surface area (Å²) in [6, 6.07) is 0.315. The lowest BCUT2D eigenvalue weighted by atomic mass is 10.0. The molecule has 1 N–H and O–H groups in total. The molecule has 0 aromatic carbocycles. The molecule has 0 aliphatic carbocycles. The van der Waals surface area contributed by atoms with Crippen LogP contribution in [0.25, 0.3) is 0 Å². The third-order valence-electron chi connectivity index (χ3n) is 3.33. The minimum Gasteiger partial charge on any atom is -0.311 e. The minimum absolute atomic E-state index is 0.315. The predicted molar refractivity (Wildman–Crippen MR) is 74.8 cm³/mol. The van der Waals surface area contributed by atoms with E-state index in [0.29, 0.717) is 11.3 Å². The molecular formula is C12H20ClN3S. The molecule has 2 heterocycles. The van der Waals surface area contributed by atoms with Crippen LogP contribution < -0.4 is 5.32 Å². The number of hydrogen-bond donors (Lipinski definition) is 1. The minimum atomic E-state index is 0.315. The Morgan fingerprint density at radius 1 is 1.65 bits per heavy atom. The highest BCUT2D eigenvalue weighted by Gasteiger charge is 2.28. The highest BCUT2D eigenvalue weighted by molar-refractivity contribution is 8.00. The summed E-state index contributed by atoms with van der Waals surface area (Å²) >= 11 is 8.34. The van der Waals surface area contributed by atoms with Crippen LogP contribution in [0.3, 0.4) is 0 Å². The molecule has 0 saturated carbocycles. The van der Waals surface area contributed by atoms with Gasteiger partial charge in [0.15, 0.2) is 0 Å². The van der Waals surface area contributed by atoms with Crippen LogP contribution in [0.1, 0.15) is 37.9 Å². The fraction of sp³-hybridized carbons (Fsp3) is 0.750. The van der Waals surface area contributed by atoms with E-state index in [1.807, 2.05) is 11.7 Å². The molecule has 5 heteroatoms. The van der Waals surface area contributed by atoms with Crippen LogP contribution >= 0.6 is 23.4 Å². The van der Waals surface area contributed by atoms with Gasteiger partial charge in [0, 0.05) is 11.8 Å². The molecular weight excluding hydrogens is 254 g/mol. The van der Waals surface area contributed by atoms with Crippen LogP contribution in [0.4, 0.5) is 0 Å². The SMILES string of the molecule is CCn1ncc(Cl)c1C(NC)C1CCCCS1. The van der Waals surface area contributed by atoms with Gasteiger partial charge in [0.1, 0.15) is 0 Å². The molecule has 2 atom stereocenters. The second-order valence-corrected chi connectivity index (χ2v) is 6.12. The molecule has 0 radical (unpaired) electrons. The fourth-order valence-electron chi connectivity index (χ4n) is 2.46. The largest absolute Gasteiger partial charge is 0.311 e. The van der Waals surface area contributed by atoms with Gasteiger partial charge in [0.25, 0.3) is 0 Å².